The van der Waals surface area contributed by atoms with Crippen LogP contribution < -0.4 is 4.90 Å². The third-order valence-corrected chi connectivity index (χ3v) is 13.5. The largest absolute Gasteiger partial charge is 0.340 e. The van der Waals surface area contributed by atoms with Crippen LogP contribution in [0.1, 0.15) is 124 Å². The lowest BCUT2D eigenvalue weighted by Crippen LogP contribution is -2.09. The van der Waals surface area contributed by atoms with E-state index in [1.165, 1.54) is 120 Å². The molecule has 67 heavy (non-hydrogen) atoms. The van der Waals surface area contributed by atoms with Crippen molar-refractivity contribution in [3.8, 4) is 0 Å². The molecule has 4 heteroatoms. The van der Waals surface area contributed by atoms with Gasteiger partial charge in [0, 0.05) is 79.3 Å². The van der Waals surface area contributed by atoms with Crippen LogP contribution in [0, 0.1) is 0 Å². The normalized spacial score (nSPS) is 11.9. The molecule has 0 radical (unpaired) electrons. The molecule has 0 aliphatic heterocycles. The number of benzene rings is 7. The number of aldehydes is 1. The van der Waals surface area contributed by atoms with Crippen molar-refractivity contribution in [3.05, 3.63) is 186 Å². The maximum atomic E-state index is 11.9. The van der Waals surface area contributed by atoms with Gasteiger partial charge >= 0.3 is 0 Å². The zero-order chi connectivity index (χ0) is 45.8. The third-order valence-electron chi connectivity index (χ3n) is 13.5. The van der Waals surface area contributed by atoms with Gasteiger partial charge in [-0.3, -0.25) is 4.79 Å². The van der Waals surface area contributed by atoms with Crippen LogP contribution in [0.5, 0.6) is 0 Å². The molecule has 9 aromatic rings. The molecule has 0 spiro atoms. The van der Waals surface area contributed by atoms with E-state index in [-0.39, 0.29) is 0 Å². The van der Waals surface area contributed by atoms with Gasteiger partial charge in [0.15, 0.2) is 0 Å². The summed E-state index contributed by atoms with van der Waals surface area (Å²) in [6, 6.07) is 56.9. The fourth-order valence-corrected chi connectivity index (χ4v) is 9.97. The summed E-state index contributed by atoms with van der Waals surface area (Å²) in [5.41, 5.74) is 13.8. The molecule has 0 aliphatic rings. The number of fused-ring (bicyclic) bond motifs is 6. The van der Waals surface area contributed by atoms with Crippen LogP contribution in [0.2, 0.25) is 0 Å². The summed E-state index contributed by atoms with van der Waals surface area (Å²) >= 11 is 0. The standard InChI is InChI=1S/C63H65N3O/c1-3-5-7-9-11-19-41-64-60-37-31-49(26-25-48-29-35-55(36-30-48)66(53-21-15-13-16-22-53)54-23-17-14-18-24-54)43-56(60)57-44-50(32-38-61(57)64)27-28-51-33-39-62-58(45-51)59-46-52(47-67)34-40-63(59)65(62)42-20-12-10-8-6-4-2/h13-18,21-40,43-47H,3-12,19-20,41-42H2,1-2H3/b26-25+,28-27+. The van der Waals surface area contributed by atoms with E-state index in [0.717, 1.165) is 64.9 Å². The first-order valence-electron chi connectivity index (χ1n) is 25.1. The maximum absolute atomic E-state index is 11.9. The molecule has 2 heterocycles. The highest BCUT2D eigenvalue weighted by Gasteiger charge is 2.15. The number of aromatic nitrogens is 2. The van der Waals surface area contributed by atoms with Gasteiger partial charge in [-0.25, -0.2) is 0 Å². The number of para-hydroxylation sites is 2. The lowest BCUT2D eigenvalue weighted by molar-refractivity contribution is 0.112. The van der Waals surface area contributed by atoms with Crippen molar-refractivity contribution in [3.63, 3.8) is 0 Å². The zero-order valence-electron chi connectivity index (χ0n) is 39.5. The molecule has 338 valence electrons. The van der Waals surface area contributed by atoms with E-state index in [1.807, 2.05) is 6.07 Å². The van der Waals surface area contributed by atoms with Gasteiger partial charge in [0.1, 0.15) is 6.29 Å². The minimum Gasteiger partial charge on any atom is -0.340 e. The van der Waals surface area contributed by atoms with Crippen LogP contribution in [0.15, 0.2) is 158 Å². The highest BCUT2D eigenvalue weighted by Crippen LogP contribution is 2.36. The van der Waals surface area contributed by atoms with E-state index in [4.69, 9.17) is 0 Å². The maximum Gasteiger partial charge on any atom is 0.150 e. The number of hydrogen-bond acceptors (Lipinski definition) is 2. The Morgan fingerprint density at radius 2 is 0.687 bits per heavy atom. The second kappa shape index (κ2) is 22.1. The van der Waals surface area contributed by atoms with Gasteiger partial charge in [0.05, 0.1) is 0 Å². The fraction of sp³-hybridized carbons (Fsp3) is 0.254. The Hall–Kier alpha value is -6.91. The number of rotatable bonds is 22. The highest BCUT2D eigenvalue weighted by molar-refractivity contribution is 6.11. The van der Waals surface area contributed by atoms with Gasteiger partial charge in [-0.1, -0.05) is 169 Å². The highest BCUT2D eigenvalue weighted by atomic mass is 16.1. The molecular weight excluding hydrogens is 815 g/mol. The molecule has 0 bridgehead atoms. The second-order valence-corrected chi connectivity index (χ2v) is 18.3. The Balaban J connectivity index is 1.000. The first-order valence-corrected chi connectivity index (χ1v) is 25.1. The number of hydrogen-bond donors (Lipinski definition) is 0. The molecule has 0 saturated carbocycles. The van der Waals surface area contributed by atoms with E-state index in [9.17, 15) is 4.79 Å². The van der Waals surface area contributed by atoms with E-state index in [2.05, 4.69) is 204 Å². The number of unbranched alkanes of at least 4 members (excludes halogenated alkanes) is 10. The monoisotopic (exact) mass is 880 g/mol. The van der Waals surface area contributed by atoms with Crippen molar-refractivity contribution in [1.29, 1.82) is 0 Å². The van der Waals surface area contributed by atoms with Crippen LogP contribution in [0.25, 0.3) is 67.9 Å². The van der Waals surface area contributed by atoms with Gasteiger partial charge in [0.2, 0.25) is 0 Å². The van der Waals surface area contributed by atoms with Gasteiger partial charge in [-0.2, -0.15) is 0 Å². The molecule has 2 aromatic heterocycles. The van der Waals surface area contributed by atoms with Crippen LogP contribution in [-0.4, -0.2) is 15.4 Å². The lowest BCUT2D eigenvalue weighted by atomic mass is 10.0. The molecule has 0 N–H and O–H groups in total. The summed E-state index contributed by atoms with van der Waals surface area (Å²) in [6.45, 7) is 6.56. The summed E-state index contributed by atoms with van der Waals surface area (Å²) in [5.74, 6) is 0. The average molecular weight is 880 g/mol. The van der Waals surface area contributed by atoms with Crippen LogP contribution in [0.3, 0.4) is 0 Å². The molecule has 9 rings (SSSR count). The van der Waals surface area contributed by atoms with E-state index < -0.39 is 0 Å². The number of aryl methyl sites for hydroxylation is 2. The first kappa shape index (κ1) is 45.3. The van der Waals surface area contributed by atoms with Gasteiger partial charge in [0.25, 0.3) is 0 Å². The Morgan fingerprint density at radius 3 is 1.09 bits per heavy atom. The molecule has 0 saturated heterocycles. The second-order valence-electron chi connectivity index (χ2n) is 18.3. The molecule has 4 nitrogen and oxygen atoms in total. The lowest BCUT2D eigenvalue weighted by Gasteiger charge is -2.25. The summed E-state index contributed by atoms with van der Waals surface area (Å²) in [5, 5.41) is 4.94. The van der Waals surface area contributed by atoms with Gasteiger partial charge < -0.3 is 14.0 Å². The zero-order valence-corrected chi connectivity index (χ0v) is 39.5. The molecule has 0 fully saturated rings. The molecule has 7 aromatic carbocycles. The Bertz CT molecular complexity index is 3070. The fourth-order valence-electron chi connectivity index (χ4n) is 9.97. The van der Waals surface area contributed by atoms with E-state index in [1.54, 1.807) is 0 Å². The Kier molecular flexibility index (Phi) is 14.9. The van der Waals surface area contributed by atoms with Crippen LogP contribution in [0.4, 0.5) is 17.1 Å². The summed E-state index contributed by atoms with van der Waals surface area (Å²) < 4.78 is 5.02. The third kappa shape index (κ3) is 10.6. The van der Waals surface area contributed by atoms with Crippen molar-refractivity contribution in [1.82, 2.24) is 9.13 Å². The predicted octanol–water partition coefficient (Wildman–Crippen LogP) is 18.2. The van der Waals surface area contributed by atoms with E-state index >= 15 is 0 Å². The van der Waals surface area contributed by atoms with Crippen molar-refractivity contribution in [2.24, 2.45) is 0 Å². The molecule has 0 amide bonds. The minimum absolute atomic E-state index is 0.721. The summed E-state index contributed by atoms with van der Waals surface area (Å²) in [4.78, 5) is 14.2. The molecule has 0 unspecified atom stereocenters. The van der Waals surface area contributed by atoms with Crippen molar-refractivity contribution < 1.29 is 4.79 Å². The van der Waals surface area contributed by atoms with Crippen molar-refractivity contribution in [2.45, 2.75) is 104 Å². The Labute approximate surface area is 397 Å². The first-order chi connectivity index (χ1) is 33.1. The van der Waals surface area contributed by atoms with Gasteiger partial charge in [-0.15, -0.1) is 0 Å². The number of carbonyl (C=O) groups excluding carboxylic acids is 1. The number of anilines is 3. The predicted molar refractivity (Wildman–Crippen MR) is 290 cm³/mol. The van der Waals surface area contributed by atoms with Crippen LogP contribution in [-0.2, 0) is 13.1 Å². The van der Waals surface area contributed by atoms with Crippen molar-refractivity contribution >= 4 is 91.3 Å². The van der Waals surface area contributed by atoms with Crippen LogP contribution >= 0.6 is 0 Å². The number of nitrogens with zero attached hydrogens (tertiary/aromatic N) is 3. The van der Waals surface area contributed by atoms with E-state index in [0.29, 0.717) is 0 Å². The minimum atomic E-state index is 0.721. The molecule has 0 aliphatic carbocycles. The smallest absolute Gasteiger partial charge is 0.150 e. The van der Waals surface area contributed by atoms with Crippen molar-refractivity contribution in [2.75, 3.05) is 4.90 Å². The summed E-state index contributed by atoms with van der Waals surface area (Å²) in [6.07, 6.45) is 25.2. The Morgan fingerprint density at radius 1 is 0.358 bits per heavy atom. The SMILES string of the molecule is CCCCCCCCn1c2ccc(C=O)cc2c2cc(/C=C/c3ccc4c(c3)c3cc(/C=C/c5ccc(N(c6ccccc6)c6ccccc6)cc5)ccc3n4CCCCCCCC)ccc21. The van der Waals surface area contributed by atoms with Gasteiger partial charge in [-0.05, 0) is 126 Å². The number of carbonyl (C=O) groups is 1. The average Bonchev–Trinajstić information content (AvgIpc) is 3.85. The quantitative estimate of drug-likeness (QED) is 0.0386. The topological polar surface area (TPSA) is 30.2 Å². The molecule has 0 atom stereocenters. The molecular formula is C63H65N3O. The summed E-state index contributed by atoms with van der Waals surface area (Å²) in [7, 11) is 0.